The van der Waals surface area contributed by atoms with Gasteiger partial charge < -0.3 is 9.80 Å². The zero-order valence-electron chi connectivity index (χ0n) is 18.3. The fraction of sp³-hybridized carbons (Fsp3) is 0.348. The first-order valence-corrected chi connectivity index (χ1v) is 12.8. The number of rotatable bonds is 4. The maximum absolute atomic E-state index is 13.2. The summed E-state index contributed by atoms with van der Waals surface area (Å²) in [5.74, 6) is -0.231. The highest BCUT2D eigenvalue weighted by molar-refractivity contribution is 7.90. The lowest BCUT2D eigenvalue weighted by Crippen LogP contribution is -2.51. The van der Waals surface area contributed by atoms with E-state index in [0.717, 1.165) is 18.4 Å². The fourth-order valence-electron chi connectivity index (χ4n) is 4.56. The van der Waals surface area contributed by atoms with Gasteiger partial charge in [-0.3, -0.25) is 18.9 Å². The number of hydrogen-bond acceptors (Lipinski definition) is 6. The summed E-state index contributed by atoms with van der Waals surface area (Å²) >= 11 is 0. The number of para-hydroxylation sites is 1. The maximum Gasteiger partial charge on any atom is 0.274 e. The number of pyridine rings is 1. The highest BCUT2D eigenvalue weighted by Crippen LogP contribution is 2.27. The molecule has 1 aromatic carbocycles. The second-order valence-corrected chi connectivity index (χ2v) is 10.4. The third-order valence-electron chi connectivity index (χ3n) is 6.26. The second-order valence-electron chi connectivity index (χ2n) is 8.46. The molecule has 1 saturated heterocycles. The van der Waals surface area contributed by atoms with Crippen LogP contribution in [-0.4, -0.2) is 84.9 Å². The lowest BCUT2D eigenvalue weighted by Gasteiger charge is -2.34. The van der Waals surface area contributed by atoms with Gasteiger partial charge in [-0.05, 0) is 30.2 Å². The molecule has 2 aliphatic heterocycles. The molecule has 5 rings (SSSR count). The second kappa shape index (κ2) is 8.27. The fourth-order valence-corrected chi connectivity index (χ4v) is 5.34. The average Bonchev–Trinajstić information content (AvgIpc) is 3.41. The Balaban J connectivity index is 1.26. The van der Waals surface area contributed by atoms with Crippen molar-refractivity contribution in [1.82, 2.24) is 19.2 Å². The van der Waals surface area contributed by atoms with Crippen molar-refractivity contribution in [1.29, 1.82) is 0 Å². The lowest BCUT2D eigenvalue weighted by atomic mass is 10.2. The van der Waals surface area contributed by atoms with E-state index in [0.29, 0.717) is 44.8 Å². The molecule has 0 radical (unpaired) electrons. The van der Waals surface area contributed by atoms with Crippen molar-refractivity contribution in [2.45, 2.75) is 11.6 Å². The average molecular weight is 468 g/mol. The van der Waals surface area contributed by atoms with Crippen LogP contribution in [0, 0.1) is 0 Å². The van der Waals surface area contributed by atoms with Crippen LogP contribution in [0.1, 0.15) is 16.1 Å². The Morgan fingerprint density at radius 1 is 0.970 bits per heavy atom. The van der Waals surface area contributed by atoms with Gasteiger partial charge in [-0.1, -0.05) is 24.3 Å². The molecule has 3 aromatic rings. The monoisotopic (exact) mass is 467 g/mol. The van der Waals surface area contributed by atoms with Gasteiger partial charge in [0.2, 0.25) is 20.9 Å². The van der Waals surface area contributed by atoms with E-state index in [4.69, 9.17) is 0 Å². The highest BCUT2D eigenvalue weighted by atomic mass is 32.2. The number of carbonyl (C=O) groups is 2. The van der Waals surface area contributed by atoms with Crippen LogP contribution in [0.15, 0.2) is 53.8 Å². The summed E-state index contributed by atoms with van der Waals surface area (Å²) in [4.78, 5) is 35.8. The van der Waals surface area contributed by atoms with E-state index in [9.17, 15) is 18.0 Å². The van der Waals surface area contributed by atoms with Crippen LogP contribution < -0.4 is 4.90 Å². The molecule has 33 heavy (non-hydrogen) atoms. The highest BCUT2D eigenvalue weighted by Gasteiger charge is 2.30. The predicted molar refractivity (Wildman–Crippen MR) is 123 cm³/mol. The minimum absolute atomic E-state index is 0.0672. The zero-order chi connectivity index (χ0) is 23.2. The molecule has 0 bridgehead atoms. The molecule has 0 saturated carbocycles. The summed E-state index contributed by atoms with van der Waals surface area (Å²) in [5, 5.41) is -0.142. The smallest absolute Gasteiger partial charge is 0.274 e. The summed E-state index contributed by atoms with van der Waals surface area (Å²) in [6.07, 6.45) is 3.55. The number of amides is 2. The van der Waals surface area contributed by atoms with E-state index in [1.54, 1.807) is 29.3 Å². The summed E-state index contributed by atoms with van der Waals surface area (Å²) < 4.78 is 25.7. The van der Waals surface area contributed by atoms with Crippen molar-refractivity contribution in [3.8, 4) is 0 Å². The molecule has 2 amide bonds. The number of carbonyl (C=O) groups excluding carboxylic acids is 2. The van der Waals surface area contributed by atoms with E-state index < -0.39 is 9.84 Å². The number of anilines is 1. The number of fused-ring (bicyclic) bond motifs is 2. The first kappa shape index (κ1) is 21.6. The quantitative estimate of drug-likeness (QED) is 0.570. The summed E-state index contributed by atoms with van der Waals surface area (Å²) in [7, 11) is -3.59. The zero-order valence-corrected chi connectivity index (χ0v) is 19.2. The molecule has 0 atom stereocenters. The van der Waals surface area contributed by atoms with Gasteiger partial charge in [0.15, 0.2) is 5.69 Å². The van der Waals surface area contributed by atoms with Gasteiger partial charge in [0.25, 0.3) is 5.91 Å². The Hall–Kier alpha value is -3.24. The number of aromatic nitrogens is 2. The first-order valence-electron chi connectivity index (χ1n) is 10.9. The molecule has 1 fully saturated rings. The van der Waals surface area contributed by atoms with Gasteiger partial charge in [-0.2, -0.15) is 0 Å². The number of benzene rings is 1. The molecule has 0 spiro atoms. The topological polar surface area (TPSA) is 95.3 Å². The number of nitrogens with zero attached hydrogens (tertiary/aromatic N) is 5. The molecule has 9 nitrogen and oxygen atoms in total. The Morgan fingerprint density at radius 2 is 1.70 bits per heavy atom. The van der Waals surface area contributed by atoms with Crippen molar-refractivity contribution >= 4 is 32.9 Å². The molecule has 172 valence electrons. The van der Waals surface area contributed by atoms with Crippen LogP contribution in [0.5, 0.6) is 0 Å². The number of sulfone groups is 1. The van der Waals surface area contributed by atoms with Crippen molar-refractivity contribution in [2.75, 3.05) is 50.4 Å². The molecular weight excluding hydrogens is 442 g/mol. The molecule has 0 aliphatic carbocycles. The predicted octanol–water partition coefficient (Wildman–Crippen LogP) is 1.08. The largest absolute Gasteiger partial charge is 0.335 e. The number of hydrogen-bond donors (Lipinski definition) is 0. The number of piperazine rings is 1. The van der Waals surface area contributed by atoms with Crippen molar-refractivity contribution < 1.29 is 18.0 Å². The third-order valence-corrected chi connectivity index (χ3v) is 7.21. The minimum Gasteiger partial charge on any atom is -0.335 e. The summed E-state index contributed by atoms with van der Waals surface area (Å²) in [6, 6.07) is 13.1. The minimum atomic E-state index is -3.59. The van der Waals surface area contributed by atoms with Crippen molar-refractivity contribution in [3.63, 3.8) is 0 Å². The van der Waals surface area contributed by atoms with Crippen LogP contribution in [-0.2, 0) is 21.1 Å². The van der Waals surface area contributed by atoms with E-state index in [2.05, 4.69) is 16.0 Å². The lowest BCUT2D eigenvalue weighted by molar-refractivity contribution is -0.120. The van der Waals surface area contributed by atoms with Crippen LogP contribution in [0.3, 0.4) is 0 Å². The van der Waals surface area contributed by atoms with Gasteiger partial charge in [-0.15, -0.1) is 0 Å². The molecule has 2 aromatic heterocycles. The van der Waals surface area contributed by atoms with E-state index in [1.165, 1.54) is 9.96 Å². The van der Waals surface area contributed by atoms with Gasteiger partial charge in [0.05, 0.1) is 12.1 Å². The summed E-state index contributed by atoms with van der Waals surface area (Å²) in [6.45, 7) is 3.04. The Labute approximate surface area is 192 Å². The Kier molecular flexibility index (Phi) is 5.41. The van der Waals surface area contributed by atoms with Crippen LogP contribution >= 0.6 is 0 Å². The molecule has 0 unspecified atom stereocenters. The van der Waals surface area contributed by atoms with Gasteiger partial charge >= 0.3 is 0 Å². The summed E-state index contributed by atoms with van der Waals surface area (Å²) in [5.41, 5.74) is 2.79. The Morgan fingerprint density at radius 3 is 2.45 bits per heavy atom. The molecule has 10 heteroatoms. The Bertz CT molecular complexity index is 1340. The SMILES string of the molecule is CS(=O)(=O)c1nc(C(=O)N2CCN(CC(=O)N3CCc4ccccc43)CC2)c2ccccn12. The molecule has 2 aliphatic rings. The van der Waals surface area contributed by atoms with Gasteiger partial charge in [0.1, 0.15) is 0 Å². The third kappa shape index (κ3) is 4.00. The maximum atomic E-state index is 13.2. The molecule has 4 heterocycles. The first-order chi connectivity index (χ1) is 15.8. The molecule has 0 N–H and O–H groups in total. The van der Waals surface area contributed by atoms with Crippen LogP contribution in [0.4, 0.5) is 5.69 Å². The molecular formula is C23H25N5O4S. The van der Waals surface area contributed by atoms with Crippen molar-refractivity contribution in [2.24, 2.45) is 0 Å². The van der Waals surface area contributed by atoms with Crippen molar-refractivity contribution in [3.05, 3.63) is 59.9 Å². The normalized spacial score (nSPS) is 16.9. The van der Waals surface area contributed by atoms with Crippen LogP contribution in [0.25, 0.3) is 5.52 Å². The van der Waals surface area contributed by atoms with E-state index in [1.807, 2.05) is 23.1 Å². The van der Waals surface area contributed by atoms with Crippen LogP contribution in [0.2, 0.25) is 0 Å². The van der Waals surface area contributed by atoms with Gasteiger partial charge in [0, 0.05) is 50.9 Å². The van der Waals surface area contributed by atoms with E-state index >= 15 is 0 Å². The van der Waals surface area contributed by atoms with Gasteiger partial charge in [-0.25, -0.2) is 13.4 Å². The number of imidazole rings is 1. The standard InChI is InChI=1S/C23H25N5O4S/c1-33(31,32)23-24-21(19-8-4-5-10-28(19)23)22(30)26-14-12-25(13-15-26)16-20(29)27-11-9-17-6-2-3-7-18(17)27/h2-8,10H,9,11-16H2,1H3. The van der Waals surface area contributed by atoms with E-state index in [-0.39, 0.29) is 22.7 Å².